The third-order valence-electron chi connectivity index (χ3n) is 6.23. The molecule has 1 aromatic carbocycles. The molecule has 1 rings (SSSR count). The number of carbonyl (C=O) groups excluding carboxylic acids is 1. The van der Waals surface area contributed by atoms with Crippen molar-refractivity contribution < 1.29 is 14.6 Å². The number of ether oxygens (including phenoxy) is 1. The van der Waals surface area contributed by atoms with Gasteiger partial charge < -0.3 is 9.84 Å². The molecule has 172 valence electrons. The lowest BCUT2D eigenvalue weighted by molar-refractivity contribution is 0.0480. The maximum atomic E-state index is 12.0. The molecule has 0 amide bonds. The van der Waals surface area contributed by atoms with Gasteiger partial charge in [0.2, 0.25) is 0 Å². The molecule has 0 saturated heterocycles. The molecule has 1 aromatic rings. The molecule has 3 unspecified atom stereocenters. The average Bonchev–Trinajstić information content (AvgIpc) is 2.68. The summed E-state index contributed by atoms with van der Waals surface area (Å²) in [6.07, 6.45) is 12.8. The van der Waals surface area contributed by atoms with Gasteiger partial charge in [-0.15, -0.1) is 0 Å². The highest BCUT2D eigenvalue weighted by Crippen LogP contribution is 2.23. The molecule has 3 nitrogen and oxygen atoms in total. The molecule has 0 aliphatic carbocycles. The van der Waals surface area contributed by atoms with E-state index in [1.54, 1.807) is 18.2 Å². The second kappa shape index (κ2) is 15.3. The van der Waals surface area contributed by atoms with Crippen molar-refractivity contribution in [2.45, 2.75) is 98.8 Å². The summed E-state index contributed by atoms with van der Waals surface area (Å²) in [4.78, 5) is 12.0. The minimum Gasteiger partial charge on any atom is -0.507 e. The van der Waals surface area contributed by atoms with Crippen LogP contribution in [0.5, 0.6) is 5.75 Å². The molecular formula is C27H46O3. The van der Waals surface area contributed by atoms with Gasteiger partial charge in [-0.1, -0.05) is 105 Å². The summed E-state index contributed by atoms with van der Waals surface area (Å²) >= 11 is 0. The quantitative estimate of drug-likeness (QED) is 0.276. The number of phenols is 1. The maximum Gasteiger partial charge on any atom is 0.341 e. The summed E-state index contributed by atoms with van der Waals surface area (Å²) in [6.45, 7) is 12.1. The van der Waals surface area contributed by atoms with E-state index in [9.17, 15) is 9.90 Å². The van der Waals surface area contributed by atoms with Gasteiger partial charge >= 0.3 is 5.97 Å². The Morgan fingerprint density at radius 1 is 0.767 bits per heavy atom. The summed E-state index contributed by atoms with van der Waals surface area (Å²) in [6, 6.07) is 6.53. The van der Waals surface area contributed by atoms with E-state index in [0.29, 0.717) is 12.5 Å². The number of hydrogen-bond acceptors (Lipinski definition) is 3. The minimum absolute atomic E-state index is 0.0190. The predicted molar refractivity (Wildman–Crippen MR) is 127 cm³/mol. The highest BCUT2D eigenvalue weighted by Gasteiger charge is 2.13. The van der Waals surface area contributed by atoms with E-state index in [1.807, 2.05) is 0 Å². The molecule has 0 spiro atoms. The Labute approximate surface area is 185 Å². The van der Waals surface area contributed by atoms with Gasteiger partial charge in [-0.25, -0.2) is 4.79 Å². The van der Waals surface area contributed by atoms with Crippen molar-refractivity contribution in [1.29, 1.82) is 0 Å². The summed E-state index contributed by atoms with van der Waals surface area (Å²) in [5, 5.41) is 9.71. The molecule has 0 aliphatic rings. The van der Waals surface area contributed by atoms with Gasteiger partial charge in [-0.05, 0) is 42.2 Å². The standard InChI is InChI=1S/C27H46O3/c1-21(2)11-8-12-22(3)13-9-14-23(4)15-10-16-24(5)19-20-30-27(29)25-17-6-7-18-26(25)28/h6-7,17-18,21-24,28H,8-16,19-20H2,1-5H3. The molecule has 0 bridgehead atoms. The fourth-order valence-corrected chi connectivity index (χ4v) is 4.01. The molecule has 3 atom stereocenters. The predicted octanol–water partition coefficient (Wildman–Crippen LogP) is 8.01. The lowest BCUT2D eigenvalue weighted by Gasteiger charge is -2.16. The second-order valence-corrected chi connectivity index (χ2v) is 9.94. The third-order valence-corrected chi connectivity index (χ3v) is 6.23. The van der Waals surface area contributed by atoms with E-state index >= 15 is 0 Å². The van der Waals surface area contributed by atoms with Gasteiger partial charge in [0.05, 0.1) is 6.61 Å². The summed E-state index contributed by atoms with van der Waals surface area (Å²) < 4.78 is 5.32. The largest absolute Gasteiger partial charge is 0.507 e. The van der Waals surface area contributed by atoms with Gasteiger partial charge in [-0.2, -0.15) is 0 Å². The summed E-state index contributed by atoms with van der Waals surface area (Å²) in [7, 11) is 0. The van der Waals surface area contributed by atoms with Crippen LogP contribution < -0.4 is 0 Å². The molecule has 0 saturated carbocycles. The number of carbonyl (C=O) groups is 1. The van der Waals surface area contributed by atoms with Crippen LogP contribution in [0, 0.1) is 23.7 Å². The number of hydrogen-bond donors (Lipinski definition) is 1. The number of esters is 1. The molecule has 30 heavy (non-hydrogen) atoms. The third kappa shape index (κ3) is 12.2. The second-order valence-electron chi connectivity index (χ2n) is 9.94. The zero-order chi connectivity index (χ0) is 22.4. The van der Waals surface area contributed by atoms with Crippen molar-refractivity contribution in [3.8, 4) is 5.75 Å². The molecule has 0 heterocycles. The van der Waals surface area contributed by atoms with Gasteiger partial charge in [0.15, 0.2) is 0 Å². The van der Waals surface area contributed by atoms with Crippen molar-refractivity contribution >= 4 is 5.97 Å². The summed E-state index contributed by atoms with van der Waals surface area (Å²) in [5.41, 5.74) is 0.244. The van der Waals surface area contributed by atoms with Crippen LogP contribution in [0.3, 0.4) is 0 Å². The minimum atomic E-state index is -0.438. The SMILES string of the molecule is CC(C)CCCC(C)CCCC(C)CCCC(C)CCOC(=O)c1ccccc1O. The first-order chi connectivity index (χ1) is 14.3. The average molecular weight is 419 g/mol. The molecule has 0 radical (unpaired) electrons. The smallest absolute Gasteiger partial charge is 0.341 e. The van der Waals surface area contributed by atoms with Crippen LogP contribution in [0.25, 0.3) is 0 Å². The monoisotopic (exact) mass is 418 g/mol. The van der Waals surface area contributed by atoms with Crippen LogP contribution in [0.2, 0.25) is 0 Å². The van der Waals surface area contributed by atoms with Crippen molar-refractivity contribution in [3.63, 3.8) is 0 Å². The van der Waals surface area contributed by atoms with Gasteiger partial charge in [-0.3, -0.25) is 0 Å². The van der Waals surface area contributed by atoms with Crippen LogP contribution in [0.1, 0.15) is 109 Å². The first-order valence-electron chi connectivity index (χ1n) is 12.2. The van der Waals surface area contributed by atoms with E-state index < -0.39 is 5.97 Å². The van der Waals surface area contributed by atoms with Gasteiger partial charge in [0.25, 0.3) is 0 Å². The van der Waals surface area contributed by atoms with E-state index in [2.05, 4.69) is 34.6 Å². The maximum absolute atomic E-state index is 12.0. The van der Waals surface area contributed by atoms with Crippen molar-refractivity contribution in [1.82, 2.24) is 0 Å². The molecular weight excluding hydrogens is 372 g/mol. The number of aromatic hydroxyl groups is 1. The number of phenolic OH excluding ortho intramolecular Hbond substituents is 1. The highest BCUT2D eigenvalue weighted by molar-refractivity contribution is 5.92. The highest BCUT2D eigenvalue weighted by atomic mass is 16.5. The van der Waals surface area contributed by atoms with Gasteiger partial charge in [0, 0.05) is 0 Å². The lowest BCUT2D eigenvalue weighted by atomic mass is 9.91. The van der Waals surface area contributed by atoms with Crippen LogP contribution in [-0.4, -0.2) is 17.7 Å². The number of para-hydroxylation sites is 1. The zero-order valence-corrected chi connectivity index (χ0v) is 20.2. The topological polar surface area (TPSA) is 46.5 Å². The molecule has 0 aliphatic heterocycles. The van der Waals surface area contributed by atoms with Crippen LogP contribution >= 0.6 is 0 Å². The fraction of sp³-hybridized carbons (Fsp3) is 0.741. The van der Waals surface area contributed by atoms with E-state index in [1.165, 1.54) is 63.9 Å². The Hall–Kier alpha value is -1.51. The first-order valence-corrected chi connectivity index (χ1v) is 12.2. The zero-order valence-electron chi connectivity index (χ0n) is 20.2. The molecule has 0 aromatic heterocycles. The number of benzene rings is 1. The van der Waals surface area contributed by atoms with Crippen molar-refractivity contribution in [3.05, 3.63) is 29.8 Å². The Kier molecular flexibility index (Phi) is 13.5. The Morgan fingerprint density at radius 3 is 1.73 bits per heavy atom. The van der Waals surface area contributed by atoms with Crippen LogP contribution in [-0.2, 0) is 4.74 Å². The summed E-state index contributed by atoms with van der Waals surface area (Å²) in [5.74, 6) is 2.61. The van der Waals surface area contributed by atoms with Crippen molar-refractivity contribution in [2.75, 3.05) is 6.61 Å². The fourth-order valence-electron chi connectivity index (χ4n) is 4.01. The Balaban J connectivity index is 2.05. The Morgan fingerprint density at radius 2 is 1.23 bits per heavy atom. The van der Waals surface area contributed by atoms with E-state index in [-0.39, 0.29) is 11.3 Å². The molecule has 0 fully saturated rings. The van der Waals surface area contributed by atoms with E-state index in [4.69, 9.17) is 4.74 Å². The Bertz CT molecular complexity index is 581. The number of rotatable bonds is 16. The molecule has 1 N–H and O–H groups in total. The first kappa shape index (κ1) is 26.5. The lowest BCUT2D eigenvalue weighted by Crippen LogP contribution is -2.09. The normalized spacial score (nSPS) is 14.5. The van der Waals surface area contributed by atoms with Crippen LogP contribution in [0.4, 0.5) is 0 Å². The van der Waals surface area contributed by atoms with Gasteiger partial charge in [0.1, 0.15) is 11.3 Å². The molecule has 3 heteroatoms. The van der Waals surface area contributed by atoms with Crippen molar-refractivity contribution in [2.24, 2.45) is 23.7 Å². The van der Waals surface area contributed by atoms with Crippen LogP contribution in [0.15, 0.2) is 24.3 Å². The van der Waals surface area contributed by atoms with E-state index in [0.717, 1.165) is 24.2 Å².